The molecule has 1 amide bonds. The van der Waals surface area contributed by atoms with Gasteiger partial charge in [0, 0.05) is 26.7 Å². The largest absolute Gasteiger partial charge is 0.348 e. The lowest BCUT2D eigenvalue weighted by molar-refractivity contribution is -0.129. The molecule has 0 fully saturated rings. The predicted octanol–water partition coefficient (Wildman–Crippen LogP) is 1.72. The van der Waals surface area contributed by atoms with Crippen molar-refractivity contribution in [2.45, 2.75) is 20.0 Å². The van der Waals surface area contributed by atoms with Crippen molar-refractivity contribution in [1.29, 1.82) is 0 Å². The maximum Gasteiger partial charge on any atom is 0.236 e. The van der Waals surface area contributed by atoms with Crippen LogP contribution in [0.1, 0.15) is 12.7 Å². The summed E-state index contributed by atoms with van der Waals surface area (Å²) in [5, 5.41) is 0. The fourth-order valence-corrected chi connectivity index (χ4v) is 2.30. The van der Waals surface area contributed by atoms with Crippen LogP contribution in [0.3, 0.4) is 0 Å². The van der Waals surface area contributed by atoms with Gasteiger partial charge in [-0.2, -0.15) is 0 Å². The first kappa shape index (κ1) is 15.4. The number of hydrogen-bond donors (Lipinski definition) is 0. The summed E-state index contributed by atoms with van der Waals surface area (Å²) in [4.78, 5) is 19.7. The summed E-state index contributed by atoms with van der Waals surface area (Å²) in [5.74, 6) is 0.598. The maximum atomic E-state index is 13.3. The number of carbonyl (C=O) groups is 1. The number of carbonyl (C=O) groups excluding carboxylic acids is 1. The molecule has 0 radical (unpaired) electrons. The van der Waals surface area contributed by atoms with Crippen LogP contribution < -0.4 is 0 Å². The number of hydrogen-bond acceptors (Lipinski definition) is 3. The van der Waals surface area contributed by atoms with E-state index in [1.807, 2.05) is 23.4 Å². The molecule has 114 valence electrons. The first-order chi connectivity index (χ1) is 9.92. The second-order valence-corrected chi connectivity index (χ2v) is 5.37. The van der Waals surface area contributed by atoms with E-state index in [4.69, 9.17) is 0 Å². The molecule has 0 spiro atoms. The highest BCUT2D eigenvalue weighted by atomic mass is 19.1. The summed E-state index contributed by atoms with van der Waals surface area (Å²) in [6, 6.07) is 4.63. The van der Waals surface area contributed by atoms with Gasteiger partial charge in [-0.1, -0.05) is 0 Å². The Kier molecular flexibility index (Phi) is 4.57. The zero-order valence-corrected chi connectivity index (χ0v) is 12.9. The summed E-state index contributed by atoms with van der Waals surface area (Å²) in [6.07, 6.45) is 0. The highest BCUT2D eigenvalue weighted by Gasteiger charge is 2.14. The first-order valence-electron chi connectivity index (χ1n) is 6.95. The van der Waals surface area contributed by atoms with E-state index in [0.717, 1.165) is 17.9 Å². The standard InChI is InChI=1S/C15H21FN4O/c1-5-20-13-7-6-11(16)8-12(13)17-14(20)9-19(4)10-15(21)18(2)3/h6-8H,5,9-10H2,1-4H3. The van der Waals surface area contributed by atoms with Crippen molar-refractivity contribution >= 4 is 16.9 Å². The van der Waals surface area contributed by atoms with E-state index in [2.05, 4.69) is 4.98 Å². The monoisotopic (exact) mass is 292 g/mol. The van der Waals surface area contributed by atoms with Crippen LogP contribution in [0.25, 0.3) is 11.0 Å². The zero-order chi connectivity index (χ0) is 15.6. The van der Waals surface area contributed by atoms with Crippen LogP contribution in [0.15, 0.2) is 18.2 Å². The lowest BCUT2D eigenvalue weighted by Gasteiger charge is -2.19. The van der Waals surface area contributed by atoms with Crippen LogP contribution in [0, 0.1) is 5.82 Å². The Morgan fingerprint density at radius 3 is 2.67 bits per heavy atom. The van der Waals surface area contributed by atoms with Gasteiger partial charge < -0.3 is 9.47 Å². The van der Waals surface area contributed by atoms with Crippen LogP contribution >= 0.6 is 0 Å². The molecule has 0 saturated heterocycles. The second-order valence-electron chi connectivity index (χ2n) is 5.37. The van der Waals surface area contributed by atoms with E-state index in [1.165, 1.54) is 12.1 Å². The van der Waals surface area contributed by atoms with E-state index >= 15 is 0 Å². The maximum absolute atomic E-state index is 13.3. The molecule has 1 aromatic heterocycles. The smallest absolute Gasteiger partial charge is 0.236 e. The van der Waals surface area contributed by atoms with E-state index in [-0.39, 0.29) is 11.7 Å². The van der Waals surface area contributed by atoms with Gasteiger partial charge in [0.15, 0.2) is 0 Å². The molecule has 1 heterocycles. The summed E-state index contributed by atoms with van der Waals surface area (Å²) in [6.45, 7) is 3.66. The van der Waals surface area contributed by atoms with Crippen LogP contribution in [0.2, 0.25) is 0 Å². The van der Waals surface area contributed by atoms with Crippen molar-refractivity contribution in [2.75, 3.05) is 27.7 Å². The van der Waals surface area contributed by atoms with Gasteiger partial charge in [0.25, 0.3) is 0 Å². The number of aryl methyl sites for hydroxylation is 1. The number of amides is 1. The summed E-state index contributed by atoms with van der Waals surface area (Å²) >= 11 is 0. The zero-order valence-electron chi connectivity index (χ0n) is 12.9. The number of imidazole rings is 1. The molecular weight excluding hydrogens is 271 g/mol. The minimum atomic E-state index is -0.286. The molecular formula is C15H21FN4O. The van der Waals surface area contributed by atoms with Gasteiger partial charge in [0.2, 0.25) is 5.91 Å². The fourth-order valence-electron chi connectivity index (χ4n) is 2.30. The molecule has 0 aliphatic rings. The van der Waals surface area contributed by atoms with Crippen molar-refractivity contribution in [1.82, 2.24) is 19.4 Å². The van der Waals surface area contributed by atoms with Crippen molar-refractivity contribution in [3.63, 3.8) is 0 Å². The molecule has 1 aromatic carbocycles. The molecule has 0 atom stereocenters. The van der Waals surface area contributed by atoms with E-state index in [1.54, 1.807) is 25.1 Å². The van der Waals surface area contributed by atoms with Crippen LogP contribution in [-0.2, 0) is 17.9 Å². The molecule has 0 N–H and O–H groups in total. The second kappa shape index (κ2) is 6.22. The number of likely N-dealkylation sites (N-methyl/N-ethyl adjacent to an activating group) is 2. The summed E-state index contributed by atoms with van der Waals surface area (Å²) < 4.78 is 15.3. The third-order valence-corrected chi connectivity index (χ3v) is 3.42. The average Bonchev–Trinajstić information content (AvgIpc) is 2.74. The number of benzene rings is 1. The lowest BCUT2D eigenvalue weighted by Crippen LogP contribution is -2.34. The Labute approximate surface area is 124 Å². The molecule has 5 nitrogen and oxygen atoms in total. The normalized spacial score (nSPS) is 11.3. The third-order valence-electron chi connectivity index (χ3n) is 3.42. The number of aromatic nitrogens is 2. The molecule has 0 aliphatic heterocycles. The Balaban J connectivity index is 2.23. The molecule has 2 rings (SSSR count). The predicted molar refractivity (Wildman–Crippen MR) is 80.4 cm³/mol. The molecule has 0 unspecified atom stereocenters. The van der Waals surface area contributed by atoms with Crippen LogP contribution in [-0.4, -0.2) is 52.9 Å². The Morgan fingerprint density at radius 2 is 2.05 bits per heavy atom. The summed E-state index contributed by atoms with van der Waals surface area (Å²) in [5.41, 5.74) is 1.57. The number of halogens is 1. The summed E-state index contributed by atoms with van der Waals surface area (Å²) in [7, 11) is 5.35. The van der Waals surface area contributed by atoms with Gasteiger partial charge in [-0.05, 0) is 26.1 Å². The van der Waals surface area contributed by atoms with Crippen molar-refractivity contribution in [3.8, 4) is 0 Å². The Bertz CT molecular complexity index is 650. The Morgan fingerprint density at radius 1 is 1.33 bits per heavy atom. The highest BCUT2D eigenvalue weighted by Crippen LogP contribution is 2.18. The van der Waals surface area contributed by atoms with Gasteiger partial charge in [-0.3, -0.25) is 9.69 Å². The van der Waals surface area contributed by atoms with Gasteiger partial charge >= 0.3 is 0 Å². The third kappa shape index (κ3) is 3.39. The fraction of sp³-hybridized carbons (Fsp3) is 0.467. The average molecular weight is 292 g/mol. The SMILES string of the molecule is CCn1c(CN(C)CC(=O)N(C)C)nc2cc(F)ccc21. The number of rotatable bonds is 5. The number of nitrogens with zero attached hydrogens (tertiary/aromatic N) is 4. The van der Waals surface area contributed by atoms with Crippen molar-refractivity contribution in [3.05, 3.63) is 29.8 Å². The number of fused-ring (bicyclic) bond motifs is 1. The molecule has 6 heteroatoms. The lowest BCUT2D eigenvalue weighted by atomic mass is 10.3. The highest BCUT2D eigenvalue weighted by molar-refractivity contribution is 5.78. The molecule has 0 aliphatic carbocycles. The van der Waals surface area contributed by atoms with Gasteiger partial charge in [-0.25, -0.2) is 9.37 Å². The van der Waals surface area contributed by atoms with Crippen LogP contribution in [0.5, 0.6) is 0 Å². The van der Waals surface area contributed by atoms with E-state index < -0.39 is 0 Å². The first-order valence-corrected chi connectivity index (χ1v) is 6.95. The molecule has 2 aromatic rings. The minimum absolute atomic E-state index is 0.0442. The van der Waals surface area contributed by atoms with E-state index in [9.17, 15) is 9.18 Å². The Hall–Kier alpha value is -1.95. The quantitative estimate of drug-likeness (QED) is 0.842. The van der Waals surface area contributed by atoms with Crippen molar-refractivity contribution in [2.24, 2.45) is 0 Å². The minimum Gasteiger partial charge on any atom is -0.348 e. The molecule has 21 heavy (non-hydrogen) atoms. The van der Waals surface area contributed by atoms with Gasteiger partial charge in [0.1, 0.15) is 11.6 Å². The topological polar surface area (TPSA) is 41.4 Å². The molecule has 0 saturated carbocycles. The van der Waals surface area contributed by atoms with Crippen LogP contribution in [0.4, 0.5) is 4.39 Å². The van der Waals surface area contributed by atoms with E-state index in [0.29, 0.717) is 18.6 Å². The van der Waals surface area contributed by atoms with Gasteiger partial charge in [-0.15, -0.1) is 0 Å². The van der Waals surface area contributed by atoms with Crippen molar-refractivity contribution < 1.29 is 9.18 Å². The van der Waals surface area contributed by atoms with Gasteiger partial charge in [0.05, 0.1) is 24.1 Å². The molecule has 0 bridgehead atoms.